The number of carbonyl (C=O) groups is 2. The summed E-state index contributed by atoms with van der Waals surface area (Å²) < 4.78 is 5.53. The summed E-state index contributed by atoms with van der Waals surface area (Å²) in [6.45, 7) is 0. The number of carbonyl (C=O) groups excluding carboxylic acids is 1. The van der Waals surface area contributed by atoms with Gasteiger partial charge in [-0.2, -0.15) is 0 Å². The van der Waals surface area contributed by atoms with Crippen LogP contribution in [0.25, 0.3) is 0 Å². The van der Waals surface area contributed by atoms with Gasteiger partial charge in [0.15, 0.2) is 0 Å². The first-order valence-electron chi connectivity index (χ1n) is 5.58. The number of aromatic carboxylic acids is 1. The second-order valence-electron chi connectivity index (χ2n) is 4.00. The van der Waals surface area contributed by atoms with Gasteiger partial charge in [-0.25, -0.2) is 9.59 Å². The molecular weight excluding hydrogens is 383 g/mol. The van der Waals surface area contributed by atoms with E-state index in [9.17, 15) is 9.59 Å². The number of carboxylic acid groups (broad SMARTS) is 1. The monoisotopic (exact) mass is 388 g/mol. The standard InChI is InChI=1S/C14H7BrCl2O4/c15-11-5-7(13(18)19)1-2-12(11)21-14(20)8-3-9(16)6-10(17)4-8/h1-6H,(H,18,19). The molecule has 2 rings (SSSR count). The molecule has 0 radical (unpaired) electrons. The van der Waals surface area contributed by atoms with Gasteiger partial charge in [0.25, 0.3) is 0 Å². The molecule has 0 bridgehead atoms. The topological polar surface area (TPSA) is 63.6 Å². The number of hydrogen-bond donors (Lipinski definition) is 1. The smallest absolute Gasteiger partial charge is 0.343 e. The molecule has 0 unspecified atom stereocenters. The van der Waals surface area contributed by atoms with E-state index in [4.69, 9.17) is 33.0 Å². The van der Waals surface area contributed by atoms with Gasteiger partial charge in [0.1, 0.15) is 5.75 Å². The molecule has 21 heavy (non-hydrogen) atoms. The lowest BCUT2D eigenvalue weighted by Crippen LogP contribution is -2.09. The predicted molar refractivity (Wildman–Crippen MR) is 82.5 cm³/mol. The Morgan fingerprint density at radius 1 is 1.00 bits per heavy atom. The molecule has 0 saturated carbocycles. The second kappa shape index (κ2) is 6.47. The Morgan fingerprint density at radius 2 is 1.62 bits per heavy atom. The largest absolute Gasteiger partial charge is 0.478 e. The predicted octanol–water partition coefficient (Wildman–Crippen LogP) is 4.67. The fourth-order valence-electron chi connectivity index (χ4n) is 1.55. The van der Waals surface area contributed by atoms with Crippen LogP contribution in [0.5, 0.6) is 5.75 Å². The van der Waals surface area contributed by atoms with Gasteiger partial charge in [-0.05, 0) is 52.3 Å². The normalized spacial score (nSPS) is 10.2. The highest BCUT2D eigenvalue weighted by atomic mass is 79.9. The molecule has 0 aliphatic rings. The SMILES string of the molecule is O=C(O)c1ccc(OC(=O)c2cc(Cl)cc(Cl)c2)c(Br)c1. The van der Waals surface area contributed by atoms with Gasteiger partial charge in [0.2, 0.25) is 0 Å². The molecule has 0 aliphatic carbocycles. The third kappa shape index (κ3) is 3.97. The van der Waals surface area contributed by atoms with Crippen LogP contribution in [0.3, 0.4) is 0 Å². The van der Waals surface area contributed by atoms with Gasteiger partial charge >= 0.3 is 11.9 Å². The van der Waals surface area contributed by atoms with Gasteiger partial charge in [-0.3, -0.25) is 0 Å². The van der Waals surface area contributed by atoms with Crippen LogP contribution in [0.4, 0.5) is 0 Å². The summed E-state index contributed by atoms with van der Waals surface area (Å²) in [4.78, 5) is 22.8. The number of carboxylic acids is 1. The first-order chi connectivity index (χ1) is 9.86. The Labute approximate surface area is 138 Å². The number of ether oxygens (including phenoxy) is 1. The molecule has 0 spiro atoms. The van der Waals surface area contributed by atoms with E-state index in [0.29, 0.717) is 14.5 Å². The van der Waals surface area contributed by atoms with Crippen LogP contribution in [-0.4, -0.2) is 17.0 Å². The summed E-state index contributed by atoms with van der Waals surface area (Å²) in [5.74, 6) is -1.53. The van der Waals surface area contributed by atoms with Crippen molar-refractivity contribution >= 4 is 51.1 Å². The van der Waals surface area contributed by atoms with Crippen LogP contribution >= 0.6 is 39.1 Å². The van der Waals surface area contributed by atoms with E-state index in [0.717, 1.165) is 0 Å². The third-order valence-electron chi connectivity index (χ3n) is 2.48. The molecule has 2 aromatic carbocycles. The summed E-state index contributed by atoms with van der Waals surface area (Å²) in [6, 6.07) is 8.41. The number of halogens is 3. The maximum Gasteiger partial charge on any atom is 0.343 e. The molecule has 7 heteroatoms. The molecule has 0 aromatic heterocycles. The Balaban J connectivity index is 2.25. The number of rotatable bonds is 3. The summed E-state index contributed by atoms with van der Waals surface area (Å²) in [5.41, 5.74) is 0.272. The Morgan fingerprint density at radius 3 is 2.14 bits per heavy atom. The van der Waals surface area contributed by atoms with Gasteiger partial charge in [0, 0.05) is 10.0 Å². The minimum atomic E-state index is -1.07. The number of hydrogen-bond acceptors (Lipinski definition) is 3. The fourth-order valence-corrected chi connectivity index (χ4v) is 2.53. The van der Waals surface area contributed by atoms with Crippen molar-refractivity contribution in [3.63, 3.8) is 0 Å². The molecule has 0 atom stereocenters. The third-order valence-corrected chi connectivity index (χ3v) is 3.54. The van der Waals surface area contributed by atoms with E-state index in [1.807, 2.05) is 0 Å². The number of esters is 1. The lowest BCUT2D eigenvalue weighted by atomic mass is 10.2. The molecule has 0 aliphatic heterocycles. The highest BCUT2D eigenvalue weighted by Gasteiger charge is 2.14. The molecule has 1 N–H and O–H groups in total. The molecule has 0 heterocycles. The van der Waals surface area contributed by atoms with Crippen LogP contribution in [0.15, 0.2) is 40.9 Å². The van der Waals surface area contributed by atoms with Crippen LogP contribution in [0.1, 0.15) is 20.7 Å². The lowest BCUT2D eigenvalue weighted by molar-refractivity contribution is 0.0696. The van der Waals surface area contributed by atoms with E-state index in [1.54, 1.807) is 0 Å². The van der Waals surface area contributed by atoms with E-state index < -0.39 is 11.9 Å². The maximum absolute atomic E-state index is 12.0. The van der Waals surface area contributed by atoms with Crippen molar-refractivity contribution in [3.05, 3.63) is 62.0 Å². The van der Waals surface area contributed by atoms with Crippen molar-refractivity contribution in [2.45, 2.75) is 0 Å². The molecule has 108 valence electrons. The van der Waals surface area contributed by atoms with E-state index in [1.165, 1.54) is 36.4 Å². The van der Waals surface area contributed by atoms with Gasteiger partial charge < -0.3 is 9.84 Å². The van der Waals surface area contributed by atoms with Crippen LogP contribution in [0, 0.1) is 0 Å². The first kappa shape index (κ1) is 15.8. The summed E-state index contributed by atoms with van der Waals surface area (Å²) in [5, 5.41) is 9.49. The van der Waals surface area contributed by atoms with E-state index in [-0.39, 0.29) is 16.9 Å². The Bertz CT molecular complexity index is 711. The fraction of sp³-hybridized carbons (Fsp3) is 0. The molecule has 4 nitrogen and oxygen atoms in total. The zero-order valence-electron chi connectivity index (χ0n) is 10.3. The summed E-state index contributed by atoms with van der Waals surface area (Å²) >= 11 is 14.8. The molecule has 0 amide bonds. The van der Waals surface area contributed by atoms with Crippen molar-refractivity contribution in [1.29, 1.82) is 0 Å². The zero-order chi connectivity index (χ0) is 15.6. The molecule has 0 saturated heterocycles. The summed E-state index contributed by atoms with van der Waals surface area (Å²) in [7, 11) is 0. The molecule has 0 fully saturated rings. The zero-order valence-corrected chi connectivity index (χ0v) is 13.4. The van der Waals surface area contributed by atoms with Crippen molar-refractivity contribution in [2.24, 2.45) is 0 Å². The van der Waals surface area contributed by atoms with Gasteiger partial charge in [-0.1, -0.05) is 23.2 Å². The van der Waals surface area contributed by atoms with E-state index >= 15 is 0 Å². The van der Waals surface area contributed by atoms with Crippen molar-refractivity contribution in [3.8, 4) is 5.75 Å². The average molecular weight is 390 g/mol. The Kier molecular flexibility index (Phi) is 4.88. The van der Waals surface area contributed by atoms with Crippen molar-refractivity contribution < 1.29 is 19.4 Å². The lowest BCUT2D eigenvalue weighted by Gasteiger charge is -2.07. The quantitative estimate of drug-likeness (QED) is 0.611. The highest BCUT2D eigenvalue weighted by Crippen LogP contribution is 2.27. The molecule has 2 aromatic rings. The highest BCUT2D eigenvalue weighted by molar-refractivity contribution is 9.10. The number of benzene rings is 2. The van der Waals surface area contributed by atoms with Crippen LogP contribution in [0.2, 0.25) is 10.0 Å². The minimum absolute atomic E-state index is 0.0764. The minimum Gasteiger partial charge on any atom is -0.478 e. The maximum atomic E-state index is 12.0. The van der Waals surface area contributed by atoms with Crippen molar-refractivity contribution in [2.75, 3.05) is 0 Å². The van der Waals surface area contributed by atoms with Crippen LogP contribution < -0.4 is 4.74 Å². The summed E-state index contributed by atoms with van der Waals surface area (Å²) in [6.07, 6.45) is 0. The van der Waals surface area contributed by atoms with Gasteiger partial charge in [-0.15, -0.1) is 0 Å². The van der Waals surface area contributed by atoms with Crippen LogP contribution in [-0.2, 0) is 0 Å². The molecular formula is C14H7BrCl2O4. The van der Waals surface area contributed by atoms with Crippen molar-refractivity contribution in [1.82, 2.24) is 0 Å². The Hall–Kier alpha value is -1.56. The second-order valence-corrected chi connectivity index (χ2v) is 5.73. The average Bonchev–Trinajstić information content (AvgIpc) is 2.39. The van der Waals surface area contributed by atoms with E-state index in [2.05, 4.69) is 15.9 Å². The van der Waals surface area contributed by atoms with Gasteiger partial charge in [0.05, 0.1) is 15.6 Å². The first-order valence-corrected chi connectivity index (χ1v) is 7.13.